The van der Waals surface area contributed by atoms with Crippen molar-refractivity contribution >= 4 is 11.6 Å². The molecule has 1 fully saturated rings. The zero-order valence-corrected chi connectivity index (χ0v) is 13.2. The molecule has 0 atom stereocenters. The highest BCUT2D eigenvalue weighted by Gasteiger charge is 2.12. The van der Waals surface area contributed by atoms with Crippen molar-refractivity contribution in [3.63, 3.8) is 0 Å². The summed E-state index contributed by atoms with van der Waals surface area (Å²) in [5.41, 5.74) is 2.18. The van der Waals surface area contributed by atoms with E-state index in [2.05, 4.69) is 41.5 Å². The fraction of sp³-hybridized carbons (Fsp3) is 0.588. The van der Waals surface area contributed by atoms with Crippen LogP contribution in [0.2, 0.25) is 0 Å². The highest BCUT2D eigenvalue weighted by molar-refractivity contribution is 5.90. The van der Waals surface area contributed by atoms with Gasteiger partial charge in [-0.3, -0.25) is 9.69 Å². The van der Waals surface area contributed by atoms with Crippen LogP contribution >= 0.6 is 0 Å². The maximum atomic E-state index is 11.9. The average molecular weight is 289 g/mol. The molecule has 1 heterocycles. The van der Waals surface area contributed by atoms with Crippen LogP contribution in [0.5, 0.6) is 0 Å². The Morgan fingerprint density at radius 3 is 2.76 bits per heavy atom. The molecule has 4 nitrogen and oxygen atoms in total. The minimum atomic E-state index is 0.0708. The van der Waals surface area contributed by atoms with Gasteiger partial charge in [0, 0.05) is 31.2 Å². The van der Waals surface area contributed by atoms with Gasteiger partial charge in [-0.1, -0.05) is 26.0 Å². The third kappa shape index (κ3) is 5.86. The first-order valence-electron chi connectivity index (χ1n) is 7.98. The lowest BCUT2D eigenvalue weighted by atomic mass is 10.2. The summed E-state index contributed by atoms with van der Waals surface area (Å²) >= 11 is 0. The van der Waals surface area contributed by atoms with Crippen molar-refractivity contribution in [3.8, 4) is 0 Å². The molecule has 116 valence electrons. The maximum Gasteiger partial charge on any atom is 0.225 e. The van der Waals surface area contributed by atoms with Crippen LogP contribution in [0.15, 0.2) is 24.3 Å². The van der Waals surface area contributed by atoms with Crippen LogP contribution in [0.4, 0.5) is 5.69 Å². The highest BCUT2D eigenvalue weighted by Crippen LogP contribution is 2.16. The number of carbonyl (C=O) groups is 1. The molecule has 0 saturated carbocycles. The molecule has 4 heteroatoms. The summed E-state index contributed by atoms with van der Waals surface area (Å²) in [7, 11) is 0. The molecule has 1 aliphatic rings. The second-order valence-electron chi connectivity index (χ2n) is 6.09. The number of carbonyl (C=O) groups excluding carboxylic acids is 1. The van der Waals surface area contributed by atoms with Crippen LogP contribution in [0, 0.1) is 0 Å². The number of nitrogens with zero attached hydrogens (tertiary/aromatic N) is 1. The van der Waals surface area contributed by atoms with Crippen LogP contribution in [0.25, 0.3) is 0 Å². The summed E-state index contributed by atoms with van der Waals surface area (Å²) in [6.07, 6.45) is 3.12. The number of nitrogens with one attached hydrogen (secondary N) is 2. The quantitative estimate of drug-likeness (QED) is 0.811. The molecule has 21 heavy (non-hydrogen) atoms. The van der Waals surface area contributed by atoms with E-state index in [1.165, 1.54) is 31.5 Å². The Labute approximate surface area is 127 Å². The zero-order valence-electron chi connectivity index (χ0n) is 13.2. The van der Waals surface area contributed by atoms with Gasteiger partial charge in [-0.15, -0.1) is 0 Å². The van der Waals surface area contributed by atoms with E-state index in [0.717, 1.165) is 18.8 Å². The minimum absolute atomic E-state index is 0.0708. The van der Waals surface area contributed by atoms with Crippen LogP contribution in [0.3, 0.4) is 0 Å². The first-order chi connectivity index (χ1) is 10.1. The van der Waals surface area contributed by atoms with Gasteiger partial charge >= 0.3 is 0 Å². The average Bonchev–Trinajstić information content (AvgIpc) is 2.91. The molecule has 0 aromatic heterocycles. The van der Waals surface area contributed by atoms with E-state index in [4.69, 9.17) is 0 Å². The molecule has 0 radical (unpaired) electrons. The molecule has 1 aromatic carbocycles. The summed E-state index contributed by atoms with van der Waals surface area (Å²) in [5.74, 6) is 0.0708. The predicted molar refractivity (Wildman–Crippen MR) is 87.3 cm³/mol. The number of rotatable bonds is 7. The van der Waals surface area contributed by atoms with Gasteiger partial charge in [0.15, 0.2) is 0 Å². The first-order valence-corrected chi connectivity index (χ1v) is 7.98. The Morgan fingerprint density at radius 1 is 1.29 bits per heavy atom. The van der Waals surface area contributed by atoms with Gasteiger partial charge in [-0.2, -0.15) is 0 Å². The monoisotopic (exact) mass is 289 g/mol. The van der Waals surface area contributed by atoms with Crippen molar-refractivity contribution in [2.75, 3.05) is 25.0 Å². The van der Waals surface area contributed by atoms with E-state index in [1.54, 1.807) is 0 Å². The first kappa shape index (κ1) is 16.0. The summed E-state index contributed by atoms with van der Waals surface area (Å²) in [5, 5.41) is 6.24. The number of amides is 1. The van der Waals surface area contributed by atoms with Gasteiger partial charge in [-0.25, -0.2) is 0 Å². The van der Waals surface area contributed by atoms with E-state index in [-0.39, 0.29) is 5.91 Å². The molecule has 1 aromatic rings. The SMILES string of the molecule is CC(C)NCCC(=O)Nc1cccc(CN2CCCC2)c1. The third-order valence-electron chi connectivity index (χ3n) is 3.72. The number of hydrogen-bond donors (Lipinski definition) is 2. The van der Waals surface area contributed by atoms with E-state index in [0.29, 0.717) is 12.5 Å². The normalized spacial score (nSPS) is 15.6. The summed E-state index contributed by atoms with van der Waals surface area (Å²) in [6, 6.07) is 8.62. The second-order valence-corrected chi connectivity index (χ2v) is 6.09. The third-order valence-corrected chi connectivity index (χ3v) is 3.72. The summed E-state index contributed by atoms with van der Waals surface area (Å²) in [4.78, 5) is 14.4. The topological polar surface area (TPSA) is 44.4 Å². The predicted octanol–water partition coefficient (Wildman–Crippen LogP) is 2.61. The Balaban J connectivity index is 1.81. The Hall–Kier alpha value is -1.39. The second kappa shape index (κ2) is 8.15. The van der Waals surface area contributed by atoms with E-state index in [1.807, 2.05) is 12.1 Å². The zero-order chi connectivity index (χ0) is 15.1. The van der Waals surface area contributed by atoms with Crippen molar-refractivity contribution in [3.05, 3.63) is 29.8 Å². The maximum absolute atomic E-state index is 11.9. The van der Waals surface area contributed by atoms with Gasteiger partial charge < -0.3 is 10.6 Å². The van der Waals surface area contributed by atoms with Crippen LogP contribution in [-0.2, 0) is 11.3 Å². The lowest BCUT2D eigenvalue weighted by Crippen LogP contribution is -2.27. The van der Waals surface area contributed by atoms with E-state index in [9.17, 15) is 4.79 Å². The highest BCUT2D eigenvalue weighted by atomic mass is 16.1. The molecule has 2 N–H and O–H groups in total. The number of hydrogen-bond acceptors (Lipinski definition) is 3. The van der Waals surface area contributed by atoms with Gasteiger partial charge in [0.1, 0.15) is 0 Å². The molecule has 1 saturated heterocycles. The van der Waals surface area contributed by atoms with Crippen molar-refractivity contribution in [2.24, 2.45) is 0 Å². The Morgan fingerprint density at radius 2 is 2.05 bits per heavy atom. The molecule has 2 rings (SSSR count). The lowest BCUT2D eigenvalue weighted by molar-refractivity contribution is -0.116. The number of anilines is 1. The van der Waals surface area contributed by atoms with Crippen molar-refractivity contribution in [2.45, 2.75) is 45.7 Å². The van der Waals surface area contributed by atoms with Gasteiger partial charge in [-0.05, 0) is 43.6 Å². The van der Waals surface area contributed by atoms with Crippen molar-refractivity contribution in [1.82, 2.24) is 10.2 Å². The van der Waals surface area contributed by atoms with Crippen molar-refractivity contribution < 1.29 is 4.79 Å². The van der Waals surface area contributed by atoms with E-state index >= 15 is 0 Å². The molecule has 0 unspecified atom stereocenters. The number of benzene rings is 1. The summed E-state index contributed by atoms with van der Waals surface area (Å²) < 4.78 is 0. The fourth-order valence-electron chi connectivity index (χ4n) is 2.64. The molecule has 1 amide bonds. The van der Waals surface area contributed by atoms with Crippen LogP contribution in [-0.4, -0.2) is 36.5 Å². The molecule has 1 aliphatic heterocycles. The minimum Gasteiger partial charge on any atom is -0.326 e. The molecular weight excluding hydrogens is 262 g/mol. The molecule has 0 spiro atoms. The largest absolute Gasteiger partial charge is 0.326 e. The van der Waals surface area contributed by atoms with Crippen molar-refractivity contribution in [1.29, 1.82) is 0 Å². The van der Waals surface area contributed by atoms with E-state index < -0.39 is 0 Å². The van der Waals surface area contributed by atoms with Crippen LogP contribution < -0.4 is 10.6 Å². The molecular formula is C17H27N3O. The lowest BCUT2D eigenvalue weighted by Gasteiger charge is -2.15. The van der Waals surface area contributed by atoms with Gasteiger partial charge in [0.25, 0.3) is 0 Å². The van der Waals surface area contributed by atoms with Gasteiger partial charge in [0.05, 0.1) is 0 Å². The van der Waals surface area contributed by atoms with Gasteiger partial charge in [0.2, 0.25) is 5.91 Å². The number of likely N-dealkylation sites (tertiary alicyclic amines) is 1. The smallest absolute Gasteiger partial charge is 0.225 e. The van der Waals surface area contributed by atoms with Crippen LogP contribution in [0.1, 0.15) is 38.7 Å². The standard InChI is InChI=1S/C17H27N3O/c1-14(2)18-9-8-17(21)19-16-7-5-6-15(12-16)13-20-10-3-4-11-20/h5-7,12,14,18H,3-4,8-11,13H2,1-2H3,(H,19,21). The Bertz CT molecular complexity index is 453. The molecule has 0 aliphatic carbocycles. The Kier molecular flexibility index (Phi) is 6.21. The summed E-state index contributed by atoms with van der Waals surface area (Å²) in [6.45, 7) is 8.25. The fourth-order valence-corrected chi connectivity index (χ4v) is 2.64. The molecule has 0 bridgehead atoms.